The summed E-state index contributed by atoms with van der Waals surface area (Å²) in [5, 5.41) is 3.27. The number of carbonyl (C=O) groups excluding carboxylic acids is 1. The summed E-state index contributed by atoms with van der Waals surface area (Å²) >= 11 is 0. The van der Waals surface area contributed by atoms with Crippen molar-refractivity contribution in [2.45, 2.75) is 90.4 Å². The fraction of sp³-hybridized carbons (Fsp3) is 0.484. The number of unbranched alkanes of at least 4 members (excludes halogenated alkanes) is 12. The van der Waals surface area contributed by atoms with E-state index < -0.39 is 0 Å². The van der Waals surface area contributed by atoms with Crippen molar-refractivity contribution in [2.75, 3.05) is 11.9 Å². The average Bonchev–Trinajstić information content (AvgIpc) is 2.90. The second-order valence-electron chi connectivity index (χ2n) is 9.54. The van der Waals surface area contributed by atoms with E-state index in [0.29, 0.717) is 28.8 Å². The number of benzene rings is 2. The second kappa shape index (κ2) is 15.8. The molecule has 36 heavy (non-hydrogen) atoms. The molecule has 0 fully saturated rings. The molecule has 0 aliphatic carbocycles. The van der Waals surface area contributed by atoms with Crippen molar-refractivity contribution in [3.8, 4) is 5.75 Å². The minimum Gasteiger partial charge on any atom is -0.494 e. The second-order valence-corrected chi connectivity index (χ2v) is 9.54. The average molecular weight is 492 g/mol. The zero-order chi connectivity index (χ0) is 25.4. The molecule has 0 spiro atoms. The summed E-state index contributed by atoms with van der Waals surface area (Å²) in [6.45, 7) is 2.96. The van der Waals surface area contributed by atoms with Gasteiger partial charge >= 0.3 is 0 Å². The summed E-state index contributed by atoms with van der Waals surface area (Å²) in [5.41, 5.74) is 1.21. The largest absolute Gasteiger partial charge is 0.494 e. The maximum atomic E-state index is 12.7. The molecule has 5 nitrogen and oxygen atoms in total. The predicted octanol–water partition coefficient (Wildman–Crippen LogP) is 8.52. The number of rotatable bonds is 17. The van der Waals surface area contributed by atoms with Gasteiger partial charge in [-0.1, -0.05) is 90.0 Å². The molecule has 2 aromatic carbocycles. The van der Waals surface area contributed by atoms with E-state index in [1.165, 1.54) is 89.4 Å². The fourth-order valence-electron chi connectivity index (χ4n) is 4.42. The summed E-state index contributed by atoms with van der Waals surface area (Å²) < 4.78 is 11.3. The minimum absolute atomic E-state index is 0.141. The van der Waals surface area contributed by atoms with E-state index in [1.54, 1.807) is 30.3 Å². The van der Waals surface area contributed by atoms with E-state index >= 15 is 0 Å². The number of hydrogen-bond donors (Lipinski definition) is 1. The number of carbonyl (C=O) groups is 1. The third-order valence-electron chi connectivity index (χ3n) is 6.57. The number of amides is 1. The standard InChI is InChI=1S/C31H41NO4/c1-2-3-4-5-6-7-8-9-10-11-12-13-14-23-35-26-20-18-25(19-21-26)31(34)32-28-17-15-16-27-29(33)22-24-36-30(27)28/h15-22,24H,2-14,23H2,1H3,(H,32,34). The Labute approximate surface area is 215 Å². The first kappa shape index (κ1) is 27.5. The highest BCUT2D eigenvalue weighted by atomic mass is 16.5. The highest BCUT2D eigenvalue weighted by Gasteiger charge is 2.11. The zero-order valence-electron chi connectivity index (χ0n) is 21.7. The predicted molar refractivity (Wildman–Crippen MR) is 148 cm³/mol. The Bertz CT molecular complexity index is 1100. The Morgan fingerprint density at radius 3 is 2.03 bits per heavy atom. The Kier molecular flexibility index (Phi) is 12.1. The highest BCUT2D eigenvalue weighted by Crippen LogP contribution is 2.22. The van der Waals surface area contributed by atoms with Crippen molar-refractivity contribution < 1.29 is 13.9 Å². The van der Waals surface area contributed by atoms with Crippen molar-refractivity contribution >= 4 is 22.6 Å². The molecule has 1 aromatic heterocycles. The lowest BCUT2D eigenvalue weighted by Crippen LogP contribution is -2.12. The molecule has 3 aromatic rings. The third kappa shape index (κ3) is 9.18. The van der Waals surface area contributed by atoms with Crippen LogP contribution in [-0.4, -0.2) is 12.5 Å². The van der Waals surface area contributed by atoms with Gasteiger partial charge in [0.05, 0.1) is 23.9 Å². The van der Waals surface area contributed by atoms with Gasteiger partial charge in [-0.15, -0.1) is 0 Å². The van der Waals surface area contributed by atoms with Crippen molar-refractivity contribution in [1.29, 1.82) is 0 Å². The quantitative estimate of drug-likeness (QED) is 0.192. The van der Waals surface area contributed by atoms with Crippen LogP contribution in [0.3, 0.4) is 0 Å². The summed E-state index contributed by atoms with van der Waals surface area (Å²) in [7, 11) is 0. The Morgan fingerprint density at radius 2 is 1.39 bits per heavy atom. The maximum absolute atomic E-state index is 12.7. The highest BCUT2D eigenvalue weighted by molar-refractivity contribution is 6.07. The molecule has 1 heterocycles. The van der Waals surface area contributed by atoms with Crippen LogP contribution in [0, 0.1) is 0 Å². The number of para-hydroxylation sites is 1. The topological polar surface area (TPSA) is 68.5 Å². The Morgan fingerprint density at radius 1 is 0.778 bits per heavy atom. The molecule has 0 saturated carbocycles. The summed E-state index contributed by atoms with van der Waals surface area (Å²) in [6.07, 6.45) is 18.6. The number of hydrogen-bond acceptors (Lipinski definition) is 4. The van der Waals surface area contributed by atoms with Gasteiger partial charge in [-0.25, -0.2) is 0 Å². The molecular weight excluding hydrogens is 450 g/mol. The van der Waals surface area contributed by atoms with Gasteiger partial charge in [-0.05, 0) is 42.8 Å². The van der Waals surface area contributed by atoms with Gasteiger partial charge < -0.3 is 14.5 Å². The number of fused-ring (bicyclic) bond motifs is 1. The Balaban J connectivity index is 1.28. The van der Waals surface area contributed by atoms with E-state index in [9.17, 15) is 9.59 Å². The van der Waals surface area contributed by atoms with E-state index in [2.05, 4.69) is 12.2 Å². The monoisotopic (exact) mass is 491 g/mol. The van der Waals surface area contributed by atoms with E-state index in [1.807, 2.05) is 12.1 Å². The van der Waals surface area contributed by atoms with E-state index in [-0.39, 0.29) is 11.3 Å². The van der Waals surface area contributed by atoms with Crippen LogP contribution in [0.1, 0.15) is 101 Å². The van der Waals surface area contributed by atoms with Crippen LogP contribution in [0.25, 0.3) is 11.0 Å². The molecule has 1 N–H and O–H groups in total. The van der Waals surface area contributed by atoms with Gasteiger partial charge in [0.25, 0.3) is 5.91 Å². The first-order valence-electron chi connectivity index (χ1n) is 13.7. The van der Waals surface area contributed by atoms with Gasteiger partial charge in [0.15, 0.2) is 11.0 Å². The molecule has 0 saturated heterocycles. The SMILES string of the molecule is CCCCCCCCCCCCCCCOc1ccc(C(=O)Nc2cccc3c(=O)ccoc23)cc1. The van der Waals surface area contributed by atoms with E-state index in [0.717, 1.165) is 12.2 Å². The smallest absolute Gasteiger partial charge is 0.255 e. The first-order valence-corrected chi connectivity index (χ1v) is 13.7. The molecule has 0 bridgehead atoms. The minimum atomic E-state index is -0.267. The lowest BCUT2D eigenvalue weighted by Gasteiger charge is -2.09. The fourth-order valence-corrected chi connectivity index (χ4v) is 4.42. The number of ether oxygens (including phenoxy) is 1. The lowest BCUT2D eigenvalue weighted by atomic mass is 10.0. The maximum Gasteiger partial charge on any atom is 0.255 e. The summed E-state index contributed by atoms with van der Waals surface area (Å²) in [6, 6.07) is 13.6. The molecular formula is C31H41NO4. The summed E-state index contributed by atoms with van der Waals surface area (Å²) in [5.74, 6) is 0.499. The first-order chi connectivity index (χ1) is 17.7. The number of anilines is 1. The molecule has 0 unspecified atom stereocenters. The molecule has 5 heteroatoms. The molecule has 194 valence electrons. The molecule has 0 radical (unpaired) electrons. The van der Waals surface area contributed by atoms with Gasteiger partial charge in [0, 0.05) is 11.6 Å². The summed E-state index contributed by atoms with van der Waals surface area (Å²) in [4.78, 5) is 24.7. The van der Waals surface area contributed by atoms with Crippen LogP contribution >= 0.6 is 0 Å². The van der Waals surface area contributed by atoms with Crippen molar-refractivity contribution in [1.82, 2.24) is 0 Å². The number of nitrogens with one attached hydrogen (secondary N) is 1. The molecule has 1 amide bonds. The third-order valence-corrected chi connectivity index (χ3v) is 6.57. The van der Waals surface area contributed by atoms with Gasteiger partial charge in [-0.3, -0.25) is 9.59 Å². The lowest BCUT2D eigenvalue weighted by molar-refractivity contribution is 0.102. The van der Waals surface area contributed by atoms with Gasteiger partial charge in [-0.2, -0.15) is 0 Å². The zero-order valence-corrected chi connectivity index (χ0v) is 21.7. The van der Waals surface area contributed by atoms with Crippen LogP contribution in [0.4, 0.5) is 5.69 Å². The van der Waals surface area contributed by atoms with Crippen LogP contribution in [-0.2, 0) is 0 Å². The van der Waals surface area contributed by atoms with Gasteiger partial charge in [0.2, 0.25) is 0 Å². The van der Waals surface area contributed by atoms with Crippen LogP contribution < -0.4 is 15.5 Å². The molecule has 0 aliphatic heterocycles. The van der Waals surface area contributed by atoms with Crippen molar-refractivity contribution in [3.63, 3.8) is 0 Å². The Hall–Kier alpha value is -3.08. The van der Waals surface area contributed by atoms with Crippen LogP contribution in [0.5, 0.6) is 5.75 Å². The molecule has 3 rings (SSSR count). The normalized spacial score (nSPS) is 11.0. The van der Waals surface area contributed by atoms with Crippen LogP contribution in [0.15, 0.2) is 64.0 Å². The molecule has 0 atom stereocenters. The van der Waals surface area contributed by atoms with E-state index in [4.69, 9.17) is 9.15 Å². The van der Waals surface area contributed by atoms with Crippen LogP contribution in [0.2, 0.25) is 0 Å². The molecule has 0 aliphatic rings. The van der Waals surface area contributed by atoms with Crippen molar-refractivity contribution in [2.24, 2.45) is 0 Å². The van der Waals surface area contributed by atoms with Gasteiger partial charge in [0.1, 0.15) is 5.75 Å². The van der Waals surface area contributed by atoms with Crippen molar-refractivity contribution in [3.05, 3.63) is 70.6 Å².